The van der Waals surface area contributed by atoms with E-state index >= 15 is 0 Å². The lowest BCUT2D eigenvalue weighted by molar-refractivity contribution is 0.578. The average molecular weight is 428 g/mol. The van der Waals surface area contributed by atoms with E-state index < -0.39 is 18.9 Å². The molecule has 0 aliphatic heterocycles. The molecule has 2 rings (SSSR count). The van der Waals surface area contributed by atoms with Crippen LogP contribution in [0.2, 0.25) is 0 Å². The van der Waals surface area contributed by atoms with Crippen LogP contribution in [0.15, 0.2) is 46.2 Å². The number of hydrogen-bond donors (Lipinski definition) is 1. The van der Waals surface area contributed by atoms with Gasteiger partial charge in [-0.05, 0) is 54.7 Å². The lowest BCUT2D eigenvalue weighted by atomic mass is 9.86. The molecule has 2 aromatic rings. The van der Waals surface area contributed by atoms with Gasteiger partial charge in [-0.25, -0.2) is 16.8 Å². The Labute approximate surface area is 166 Å². The van der Waals surface area contributed by atoms with Crippen molar-refractivity contribution in [2.75, 3.05) is 11.0 Å². The van der Waals surface area contributed by atoms with Gasteiger partial charge in [0.1, 0.15) is 0 Å². The lowest BCUT2D eigenvalue weighted by Crippen LogP contribution is -2.16. The summed E-state index contributed by atoms with van der Waals surface area (Å²) in [6, 6.07) is 10.2. The number of benzene rings is 2. The van der Waals surface area contributed by atoms with Gasteiger partial charge in [-0.2, -0.15) is 0 Å². The molecule has 148 valence electrons. The van der Waals surface area contributed by atoms with Gasteiger partial charge >= 0.3 is 0 Å². The molecule has 27 heavy (non-hydrogen) atoms. The van der Waals surface area contributed by atoms with E-state index in [1.54, 1.807) is 43.3 Å². The van der Waals surface area contributed by atoms with Crippen molar-refractivity contribution < 1.29 is 16.8 Å². The van der Waals surface area contributed by atoms with Crippen molar-refractivity contribution in [3.05, 3.63) is 53.1 Å². The first kappa shape index (κ1) is 21.8. The fourth-order valence-corrected chi connectivity index (χ4v) is 6.36. The summed E-state index contributed by atoms with van der Waals surface area (Å²) < 4.78 is 51.5. The quantitative estimate of drug-likeness (QED) is 0.713. The van der Waals surface area contributed by atoms with Crippen LogP contribution in [-0.2, 0) is 24.3 Å². The Morgan fingerprint density at radius 2 is 1.48 bits per heavy atom. The number of hydrogen-bond acceptors (Lipinski definition) is 5. The summed E-state index contributed by atoms with van der Waals surface area (Å²) in [5.74, 6) is 0. The minimum Gasteiger partial charge on any atom is -0.284 e. The van der Waals surface area contributed by atoms with E-state index in [-0.39, 0.29) is 10.3 Å². The Kier molecular flexibility index (Phi) is 6.04. The van der Waals surface area contributed by atoms with E-state index in [1.165, 1.54) is 0 Å². The van der Waals surface area contributed by atoms with Crippen molar-refractivity contribution in [2.45, 2.75) is 49.8 Å². The Morgan fingerprint density at radius 1 is 0.926 bits per heavy atom. The molecule has 0 aliphatic rings. The van der Waals surface area contributed by atoms with Gasteiger partial charge in [0.05, 0.1) is 16.8 Å². The smallest absolute Gasteiger partial charge is 0.234 e. The van der Waals surface area contributed by atoms with Crippen molar-refractivity contribution >= 4 is 35.4 Å². The summed E-state index contributed by atoms with van der Waals surface area (Å²) in [4.78, 5) is 0.841. The Bertz CT molecular complexity index is 1050. The number of anilines is 1. The van der Waals surface area contributed by atoms with Gasteiger partial charge in [0.25, 0.3) is 0 Å². The molecule has 0 amide bonds. The zero-order chi connectivity index (χ0) is 20.6. The third-order valence-corrected chi connectivity index (χ3v) is 7.89. The largest absolute Gasteiger partial charge is 0.284 e. The van der Waals surface area contributed by atoms with Crippen molar-refractivity contribution in [3.8, 4) is 0 Å². The van der Waals surface area contributed by atoms with Crippen LogP contribution >= 0.6 is 10.8 Å². The highest BCUT2D eigenvalue weighted by atomic mass is 33.1. The third kappa shape index (κ3) is 5.73. The van der Waals surface area contributed by atoms with Gasteiger partial charge < -0.3 is 0 Å². The van der Waals surface area contributed by atoms with Gasteiger partial charge in [0, 0.05) is 15.7 Å². The molecule has 2 aromatic carbocycles. The fourth-order valence-electron chi connectivity index (χ4n) is 2.52. The summed E-state index contributed by atoms with van der Waals surface area (Å²) in [7, 11) is -6.24. The Balaban J connectivity index is 2.55. The maximum atomic E-state index is 12.9. The summed E-state index contributed by atoms with van der Waals surface area (Å²) >= 11 is 0. The first-order chi connectivity index (χ1) is 12.2. The van der Waals surface area contributed by atoms with Crippen LogP contribution in [0.1, 0.15) is 37.5 Å². The third-order valence-electron chi connectivity index (χ3n) is 3.94. The zero-order valence-electron chi connectivity index (χ0n) is 16.3. The van der Waals surface area contributed by atoms with E-state index in [0.717, 1.165) is 28.2 Å². The Morgan fingerprint density at radius 3 is 1.96 bits per heavy atom. The van der Waals surface area contributed by atoms with E-state index in [2.05, 4.69) is 4.72 Å². The number of nitrogens with one attached hydrogen (secondary N) is 1. The molecule has 0 aliphatic carbocycles. The molecule has 5 nitrogen and oxygen atoms in total. The van der Waals surface area contributed by atoms with Gasteiger partial charge in [-0.1, -0.05) is 38.5 Å². The summed E-state index contributed by atoms with van der Waals surface area (Å²) in [5.41, 5.74) is 2.50. The van der Waals surface area contributed by atoms with Gasteiger partial charge in [-0.15, -0.1) is 0 Å². The van der Waals surface area contributed by atoms with E-state index in [0.29, 0.717) is 16.1 Å². The zero-order valence-corrected chi connectivity index (χ0v) is 18.8. The molecule has 0 heterocycles. The first-order valence-corrected chi connectivity index (χ1v) is 13.0. The lowest BCUT2D eigenvalue weighted by Gasteiger charge is -2.24. The maximum absolute atomic E-state index is 12.9. The number of sulfonamides is 1. The molecule has 0 aromatic heterocycles. The average Bonchev–Trinajstić information content (AvgIpc) is 2.47. The van der Waals surface area contributed by atoms with E-state index in [4.69, 9.17) is 0 Å². The molecule has 0 atom stereocenters. The van der Waals surface area contributed by atoms with E-state index in [1.807, 2.05) is 27.7 Å². The standard InChI is InChI=1S/C19H25NO4S3/c1-13-7-9-15(10-8-13)27(23,24)25-18-11-14(2)17(20-26(6,21)22)12-16(18)19(3,4)5/h7-12,20H,1-6H3. The fraction of sp³-hybridized carbons (Fsp3) is 0.368. The topological polar surface area (TPSA) is 80.3 Å². The molecular formula is C19H25NO4S3. The van der Waals surface area contributed by atoms with Crippen LogP contribution < -0.4 is 4.72 Å². The molecule has 0 radical (unpaired) electrons. The van der Waals surface area contributed by atoms with Gasteiger partial charge in [0.15, 0.2) is 0 Å². The Hall–Kier alpha value is -1.51. The second kappa shape index (κ2) is 7.48. The van der Waals surface area contributed by atoms with Crippen LogP contribution in [-0.4, -0.2) is 23.1 Å². The van der Waals surface area contributed by atoms with Crippen LogP contribution in [0.5, 0.6) is 0 Å². The molecule has 8 heteroatoms. The predicted octanol–water partition coefficient (Wildman–Crippen LogP) is 4.45. The van der Waals surface area contributed by atoms with Gasteiger partial charge in [0.2, 0.25) is 18.9 Å². The van der Waals surface area contributed by atoms with Crippen LogP contribution in [0, 0.1) is 13.8 Å². The highest BCUT2D eigenvalue weighted by Crippen LogP contribution is 2.40. The van der Waals surface area contributed by atoms with Crippen LogP contribution in [0.4, 0.5) is 5.69 Å². The van der Waals surface area contributed by atoms with Crippen molar-refractivity contribution in [1.82, 2.24) is 0 Å². The molecular weight excluding hydrogens is 402 g/mol. The molecule has 0 unspecified atom stereocenters. The predicted molar refractivity (Wildman–Crippen MR) is 113 cm³/mol. The van der Waals surface area contributed by atoms with Crippen LogP contribution in [0.25, 0.3) is 0 Å². The molecule has 0 bridgehead atoms. The second-order valence-corrected chi connectivity index (χ2v) is 13.2. The maximum Gasteiger partial charge on any atom is 0.234 e. The number of rotatable bonds is 5. The molecule has 0 fully saturated rings. The van der Waals surface area contributed by atoms with Crippen LogP contribution in [0.3, 0.4) is 0 Å². The molecule has 0 saturated heterocycles. The first-order valence-electron chi connectivity index (χ1n) is 8.33. The SMILES string of the molecule is Cc1ccc(S(=O)(=O)Sc2cc(C)c(NS(C)(=O)=O)cc2C(C)(C)C)cc1. The molecule has 0 saturated carbocycles. The van der Waals surface area contributed by atoms with Gasteiger partial charge in [-0.3, -0.25) is 4.72 Å². The summed E-state index contributed by atoms with van der Waals surface area (Å²) in [6.07, 6.45) is 1.09. The highest BCUT2D eigenvalue weighted by molar-refractivity contribution is 8.72. The van der Waals surface area contributed by atoms with Crippen molar-refractivity contribution in [1.29, 1.82) is 0 Å². The summed E-state index contributed by atoms with van der Waals surface area (Å²) in [6.45, 7) is 9.54. The van der Waals surface area contributed by atoms with Crippen molar-refractivity contribution in [3.63, 3.8) is 0 Å². The van der Waals surface area contributed by atoms with E-state index in [9.17, 15) is 16.8 Å². The summed E-state index contributed by atoms with van der Waals surface area (Å²) in [5, 5.41) is 0. The highest BCUT2D eigenvalue weighted by Gasteiger charge is 2.25. The van der Waals surface area contributed by atoms with Crippen molar-refractivity contribution in [2.24, 2.45) is 0 Å². The second-order valence-electron chi connectivity index (χ2n) is 7.64. The number of aryl methyl sites for hydroxylation is 2. The monoisotopic (exact) mass is 427 g/mol. The minimum atomic E-state index is -3.60. The molecule has 0 spiro atoms. The normalized spacial score (nSPS) is 12.8. The minimum absolute atomic E-state index is 0.244. The molecule has 1 N–H and O–H groups in total.